The van der Waals surface area contributed by atoms with Crippen LogP contribution in [0.2, 0.25) is 0 Å². The third-order valence-electron chi connectivity index (χ3n) is 4.02. The summed E-state index contributed by atoms with van der Waals surface area (Å²) >= 11 is 0. The fourth-order valence-corrected chi connectivity index (χ4v) is 2.66. The topological polar surface area (TPSA) is 0 Å². The first-order valence-electron chi connectivity index (χ1n) is 7.71. The van der Waals surface area contributed by atoms with Crippen LogP contribution in [0.15, 0.2) is 72.8 Å². The van der Waals surface area contributed by atoms with E-state index < -0.39 is 0 Å². The Morgan fingerprint density at radius 1 is 0.435 bits per heavy atom. The van der Waals surface area contributed by atoms with Gasteiger partial charge in [0.05, 0.1) is 0 Å². The van der Waals surface area contributed by atoms with Gasteiger partial charge in [-0.3, -0.25) is 0 Å². The van der Waals surface area contributed by atoms with Gasteiger partial charge >= 0.3 is 58.2 Å². The van der Waals surface area contributed by atoms with Gasteiger partial charge in [-0.05, 0) is 20.8 Å². The Kier molecular flexibility index (Phi) is 6.85. The molecule has 0 nitrogen and oxygen atoms in total. The Balaban J connectivity index is 0.00000192. The summed E-state index contributed by atoms with van der Waals surface area (Å²) < 4.78 is 0. The predicted octanol–water partition coefficient (Wildman–Crippen LogP) is 2.64. The summed E-state index contributed by atoms with van der Waals surface area (Å²) in [6, 6.07) is 26.3. The van der Waals surface area contributed by atoms with Gasteiger partial charge in [0.15, 0.2) is 0 Å². The molecule has 0 heterocycles. The average molecular weight is 371 g/mol. The van der Waals surface area contributed by atoms with Crippen molar-refractivity contribution in [3.05, 3.63) is 112 Å². The van der Waals surface area contributed by atoms with E-state index in [9.17, 15) is 0 Å². The summed E-state index contributed by atoms with van der Waals surface area (Å²) in [5, 5.41) is 0. The van der Waals surface area contributed by atoms with E-state index in [1.54, 1.807) is 0 Å². The predicted molar refractivity (Wildman–Crippen MR) is 94.1 cm³/mol. The molecule has 0 atom stereocenters. The summed E-state index contributed by atoms with van der Waals surface area (Å²) in [6.45, 7) is 6.38. The molecule has 0 spiro atoms. The number of hydrogen-bond donors (Lipinski definition) is 0. The molecule has 0 aliphatic heterocycles. The van der Waals surface area contributed by atoms with E-state index in [-0.39, 0.29) is 58.2 Å². The second kappa shape index (κ2) is 8.44. The molecule has 0 saturated heterocycles. The van der Waals surface area contributed by atoms with E-state index in [1.807, 2.05) is 0 Å². The zero-order valence-corrected chi connectivity index (χ0v) is 19.3. The molecule has 0 aromatic heterocycles. The number of rotatable bonds is 3. The molecule has 0 saturated carbocycles. The molecular formula is C22H21Rb. The van der Waals surface area contributed by atoms with E-state index in [2.05, 4.69) is 93.6 Å². The van der Waals surface area contributed by atoms with Gasteiger partial charge in [-0.1, -0.05) is 112 Å². The molecule has 3 rings (SSSR count). The first-order chi connectivity index (χ1) is 10.6. The first kappa shape index (κ1) is 18.7. The van der Waals surface area contributed by atoms with Gasteiger partial charge in [-0.15, -0.1) is 0 Å². The molecule has 0 aliphatic carbocycles. The maximum atomic E-state index is 2.21. The monoisotopic (exact) mass is 370 g/mol. The molecule has 0 unspecified atom stereocenters. The van der Waals surface area contributed by atoms with Crippen molar-refractivity contribution in [1.29, 1.82) is 0 Å². The van der Waals surface area contributed by atoms with Crippen LogP contribution in [-0.4, -0.2) is 0 Å². The maximum absolute atomic E-state index is 2.21. The van der Waals surface area contributed by atoms with Crippen LogP contribution in [0.4, 0.5) is 0 Å². The van der Waals surface area contributed by atoms with E-state index in [4.69, 9.17) is 0 Å². The minimum atomic E-state index is 0. The first-order valence-corrected chi connectivity index (χ1v) is 7.71. The second-order valence-electron chi connectivity index (χ2n) is 5.97. The Morgan fingerprint density at radius 2 is 0.652 bits per heavy atom. The van der Waals surface area contributed by atoms with Gasteiger partial charge in [0, 0.05) is 0 Å². The van der Waals surface area contributed by atoms with E-state index in [0.717, 1.165) is 0 Å². The van der Waals surface area contributed by atoms with Crippen molar-refractivity contribution in [2.45, 2.75) is 20.8 Å². The van der Waals surface area contributed by atoms with Crippen molar-refractivity contribution in [3.8, 4) is 0 Å². The fraction of sp³-hybridized carbons (Fsp3) is 0.136. The normalized spacial score (nSPS) is 10.0. The SMILES string of the molecule is Cc1ccc([C-](c2ccc(C)cc2)c2ccc(C)cc2)cc1.[Rb+]. The van der Waals surface area contributed by atoms with E-state index in [1.165, 1.54) is 39.3 Å². The van der Waals surface area contributed by atoms with Gasteiger partial charge < -0.3 is 0 Å². The molecule has 0 radical (unpaired) electrons. The van der Waals surface area contributed by atoms with Gasteiger partial charge in [0.2, 0.25) is 0 Å². The molecule has 3 aromatic rings. The summed E-state index contributed by atoms with van der Waals surface area (Å²) in [7, 11) is 0. The number of hydrogen-bond acceptors (Lipinski definition) is 0. The smallest absolute Gasteiger partial charge is 0.0996 e. The summed E-state index contributed by atoms with van der Waals surface area (Å²) in [5.41, 5.74) is 7.65. The Hall–Kier alpha value is -0.665. The molecule has 0 bridgehead atoms. The summed E-state index contributed by atoms with van der Waals surface area (Å²) in [6.07, 6.45) is 0. The van der Waals surface area contributed by atoms with Crippen LogP contribution in [0, 0.1) is 26.7 Å². The van der Waals surface area contributed by atoms with Gasteiger partial charge in [-0.25, -0.2) is 0 Å². The van der Waals surface area contributed by atoms with Crippen LogP contribution in [0.3, 0.4) is 0 Å². The standard InChI is InChI=1S/C22H21.Rb/c1-16-4-10-19(11-5-16)22(20-12-6-17(2)7-13-20)21-14-8-18(3)9-15-21;/h4-15H,1-3H3;/q-1;+1. The van der Waals surface area contributed by atoms with E-state index >= 15 is 0 Å². The molecule has 110 valence electrons. The minimum Gasteiger partial charge on any atom is -0.0996 e. The Bertz CT molecular complexity index is 629. The van der Waals surface area contributed by atoms with Gasteiger partial charge in [0.1, 0.15) is 0 Å². The third-order valence-corrected chi connectivity index (χ3v) is 4.02. The van der Waals surface area contributed by atoms with E-state index in [0.29, 0.717) is 0 Å². The van der Waals surface area contributed by atoms with Gasteiger partial charge in [0.25, 0.3) is 0 Å². The zero-order chi connectivity index (χ0) is 15.5. The molecule has 3 aromatic carbocycles. The second-order valence-corrected chi connectivity index (χ2v) is 5.97. The van der Waals surface area contributed by atoms with Crippen molar-refractivity contribution < 1.29 is 58.2 Å². The van der Waals surface area contributed by atoms with Crippen molar-refractivity contribution in [2.75, 3.05) is 0 Å². The molecule has 0 amide bonds. The molecule has 0 aliphatic rings. The van der Waals surface area contributed by atoms with Crippen molar-refractivity contribution >= 4 is 0 Å². The quantitative estimate of drug-likeness (QED) is 0.491. The van der Waals surface area contributed by atoms with Crippen LogP contribution in [-0.2, 0) is 0 Å². The fourth-order valence-electron chi connectivity index (χ4n) is 2.66. The van der Waals surface area contributed by atoms with Crippen molar-refractivity contribution in [3.63, 3.8) is 0 Å². The zero-order valence-electron chi connectivity index (χ0n) is 14.4. The molecule has 0 N–H and O–H groups in total. The van der Waals surface area contributed by atoms with Crippen LogP contribution >= 0.6 is 0 Å². The third kappa shape index (κ3) is 4.67. The van der Waals surface area contributed by atoms with Crippen LogP contribution in [0.25, 0.3) is 0 Å². The van der Waals surface area contributed by atoms with Crippen LogP contribution < -0.4 is 58.2 Å². The van der Waals surface area contributed by atoms with Crippen LogP contribution in [0.5, 0.6) is 0 Å². The van der Waals surface area contributed by atoms with Crippen LogP contribution in [0.1, 0.15) is 33.4 Å². The summed E-state index contributed by atoms with van der Waals surface area (Å²) in [4.78, 5) is 0. The van der Waals surface area contributed by atoms with Crippen molar-refractivity contribution in [1.82, 2.24) is 0 Å². The Labute approximate surface area is 188 Å². The molecule has 23 heavy (non-hydrogen) atoms. The molecule has 0 fully saturated rings. The molecule has 1 heteroatoms. The number of benzene rings is 3. The van der Waals surface area contributed by atoms with Crippen molar-refractivity contribution in [2.24, 2.45) is 0 Å². The number of aryl methyl sites for hydroxylation is 3. The Morgan fingerprint density at radius 3 is 0.870 bits per heavy atom. The maximum Gasteiger partial charge on any atom is 1.00 e. The largest absolute Gasteiger partial charge is 1.00 e. The minimum absolute atomic E-state index is 0. The summed E-state index contributed by atoms with van der Waals surface area (Å²) in [5.74, 6) is 1.29. The molecular weight excluding hydrogens is 350 g/mol. The average Bonchev–Trinajstić information content (AvgIpc) is 2.53. The van der Waals surface area contributed by atoms with Gasteiger partial charge in [-0.2, -0.15) is 0 Å².